The van der Waals surface area contributed by atoms with E-state index in [0.29, 0.717) is 11.8 Å². The average Bonchev–Trinajstić information content (AvgIpc) is 2.33. The summed E-state index contributed by atoms with van der Waals surface area (Å²) >= 11 is 6.45. The normalized spacial score (nSPS) is 21.8. The Morgan fingerprint density at radius 1 is 1.00 bits per heavy atom. The molecule has 2 fully saturated rings. The molecule has 19 heavy (non-hydrogen) atoms. The molecule has 0 amide bonds. The molecule has 0 radical (unpaired) electrons. The molecule has 3 rings (SSSR count). The monoisotopic (exact) mass is 276 g/mol. The van der Waals surface area contributed by atoms with Crippen molar-refractivity contribution in [3.8, 4) is 0 Å². The van der Waals surface area contributed by atoms with Gasteiger partial charge in [-0.3, -0.25) is 4.79 Å². The molecule has 1 aromatic carbocycles. The molecule has 1 aromatic rings. The first-order valence-electron chi connectivity index (χ1n) is 7.50. The predicted octanol–water partition coefficient (Wildman–Crippen LogP) is 4.75. The van der Waals surface area contributed by atoms with Gasteiger partial charge in [0.2, 0.25) is 0 Å². The number of benzene rings is 1. The van der Waals surface area contributed by atoms with E-state index in [1.165, 1.54) is 38.5 Å². The maximum absolute atomic E-state index is 12.8. The Morgan fingerprint density at radius 2 is 1.53 bits per heavy atom. The highest BCUT2D eigenvalue weighted by molar-refractivity contribution is 6.31. The van der Waals surface area contributed by atoms with Gasteiger partial charge in [-0.25, -0.2) is 0 Å². The second kappa shape index (κ2) is 5.66. The second-order valence-corrected chi connectivity index (χ2v) is 6.52. The van der Waals surface area contributed by atoms with Crippen molar-refractivity contribution in [2.24, 2.45) is 17.8 Å². The highest BCUT2D eigenvalue weighted by Gasteiger charge is 2.42. The van der Waals surface area contributed by atoms with E-state index in [-0.39, 0.29) is 11.7 Å². The molecule has 1 atom stereocenters. The summed E-state index contributed by atoms with van der Waals surface area (Å²) < 4.78 is 0. The van der Waals surface area contributed by atoms with Crippen LogP contribution in [0.5, 0.6) is 0 Å². The predicted molar refractivity (Wildman–Crippen MR) is 78.2 cm³/mol. The van der Waals surface area contributed by atoms with E-state index in [1.807, 2.05) is 30.3 Å². The Balaban J connectivity index is 1.75. The van der Waals surface area contributed by atoms with Crippen LogP contribution in [0.1, 0.15) is 49.5 Å². The van der Waals surface area contributed by atoms with E-state index in [0.717, 1.165) is 5.56 Å². The lowest BCUT2D eigenvalue weighted by atomic mass is 9.62. The van der Waals surface area contributed by atoms with E-state index in [4.69, 9.17) is 11.6 Å². The third-order valence-corrected chi connectivity index (χ3v) is 5.45. The molecule has 1 unspecified atom stereocenters. The fraction of sp³-hybridized carbons (Fsp3) is 0.588. The zero-order valence-corrected chi connectivity index (χ0v) is 12.0. The van der Waals surface area contributed by atoms with Gasteiger partial charge in [-0.2, -0.15) is 0 Å². The zero-order chi connectivity index (χ0) is 13.2. The number of Topliss-reactive ketones (excluding diaryl/α,β-unsaturated/α-hetero) is 1. The summed E-state index contributed by atoms with van der Waals surface area (Å²) in [5.74, 6) is 1.73. The van der Waals surface area contributed by atoms with Crippen LogP contribution >= 0.6 is 11.6 Å². The van der Waals surface area contributed by atoms with Crippen molar-refractivity contribution in [1.82, 2.24) is 0 Å². The summed E-state index contributed by atoms with van der Waals surface area (Å²) in [6, 6.07) is 9.81. The molecule has 2 saturated carbocycles. The van der Waals surface area contributed by atoms with Crippen molar-refractivity contribution in [3.05, 3.63) is 35.9 Å². The lowest BCUT2D eigenvalue weighted by Gasteiger charge is -2.42. The summed E-state index contributed by atoms with van der Waals surface area (Å²) in [7, 11) is 0. The fourth-order valence-electron chi connectivity index (χ4n) is 3.40. The molecule has 0 aromatic heterocycles. The van der Waals surface area contributed by atoms with Crippen LogP contribution in [0.4, 0.5) is 0 Å². The van der Waals surface area contributed by atoms with Crippen LogP contribution in [0.3, 0.4) is 0 Å². The lowest BCUT2D eigenvalue weighted by molar-refractivity contribution is -0.129. The SMILES string of the molecule is O=C(C(Cl)c1ccccc1)C(C1CCC1)C1CCC1. The Kier molecular flexibility index (Phi) is 3.93. The molecule has 2 heteroatoms. The van der Waals surface area contributed by atoms with Crippen molar-refractivity contribution in [1.29, 1.82) is 0 Å². The molecular weight excluding hydrogens is 256 g/mol. The highest BCUT2D eigenvalue weighted by Crippen LogP contribution is 2.47. The van der Waals surface area contributed by atoms with Crippen LogP contribution in [0, 0.1) is 17.8 Å². The van der Waals surface area contributed by atoms with Crippen LogP contribution in [-0.4, -0.2) is 5.78 Å². The first-order valence-corrected chi connectivity index (χ1v) is 7.94. The van der Waals surface area contributed by atoms with E-state index >= 15 is 0 Å². The molecule has 1 nitrogen and oxygen atoms in total. The van der Waals surface area contributed by atoms with Gasteiger partial charge in [0, 0.05) is 5.92 Å². The third kappa shape index (κ3) is 2.58. The van der Waals surface area contributed by atoms with Crippen molar-refractivity contribution >= 4 is 17.4 Å². The maximum Gasteiger partial charge on any atom is 0.158 e. The zero-order valence-electron chi connectivity index (χ0n) is 11.2. The summed E-state index contributed by atoms with van der Waals surface area (Å²) in [6.07, 6.45) is 7.49. The van der Waals surface area contributed by atoms with E-state index in [9.17, 15) is 4.79 Å². The first-order chi connectivity index (χ1) is 9.27. The van der Waals surface area contributed by atoms with Gasteiger partial charge < -0.3 is 0 Å². The smallest absolute Gasteiger partial charge is 0.158 e. The average molecular weight is 277 g/mol. The summed E-state index contributed by atoms with van der Waals surface area (Å²) in [4.78, 5) is 12.8. The summed E-state index contributed by atoms with van der Waals surface area (Å²) in [5, 5.41) is -0.451. The van der Waals surface area contributed by atoms with Crippen LogP contribution in [0.2, 0.25) is 0 Å². The molecule has 0 N–H and O–H groups in total. The third-order valence-electron chi connectivity index (χ3n) is 4.99. The summed E-state index contributed by atoms with van der Waals surface area (Å²) in [6.45, 7) is 0. The van der Waals surface area contributed by atoms with Crippen LogP contribution in [-0.2, 0) is 4.79 Å². The molecule has 0 saturated heterocycles. The van der Waals surface area contributed by atoms with Crippen LogP contribution in [0.15, 0.2) is 30.3 Å². The van der Waals surface area contributed by atoms with Crippen molar-refractivity contribution in [3.63, 3.8) is 0 Å². The molecular formula is C17H21ClO. The highest BCUT2D eigenvalue weighted by atomic mass is 35.5. The number of hydrogen-bond donors (Lipinski definition) is 0. The topological polar surface area (TPSA) is 17.1 Å². The number of carbonyl (C=O) groups excluding carboxylic acids is 1. The molecule has 2 aliphatic rings. The molecule has 0 heterocycles. The number of rotatable bonds is 5. The van der Waals surface area contributed by atoms with Crippen molar-refractivity contribution in [2.45, 2.75) is 43.9 Å². The van der Waals surface area contributed by atoms with Crippen LogP contribution in [0.25, 0.3) is 0 Å². The quantitative estimate of drug-likeness (QED) is 0.709. The van der Waals surface area contributed by atoms with Crippen LogP contribution < -0.4 is 0 Å². The maximum atomic E-state index is 12.8. The second-order valence-electron chi connectivity index (χ2n) is 6.08. The standard InChI is InChI=1S/C17H21ClO/c18-16(14-6-2-1-3-7-14)17(19)15(12-8-4-9-12)13-10-5-11-13/h1-3,6-7,12-13,15-16H,4-5,8-11H2. The van der Waals surface area contributed by atoms with Gasteiger partial charge in [0.05, 0.1) is 0 Å². The molecule has 0 aliphatic heterocycles. The van der Waals surface area contributed by atoms with Gasteiger partial charge in [-0.1, -0.05) is 43.2 Å². The van der Waals surface area contributed by atoms with Gasteiger partial charge >= 0.3 is 0 Å². The molecule has 2 aliphatic carbocycles. The Labute approximate surface area is 120 Å². The molecule has 0 bridgehead atoms. The largest absolute Gasteiger partial charge is 0.297 e. The van der Waals surface area contributed by atoms with Gasteiger partial charge in [-0.05, 0) is 43.1 Å². The van der Waals surface area contributed by atoms with Gasteiger partial charge in [0.15, 0.2) is 5.78 Å². The molecule has 102 valence electrons. The van der Waals surface area contributed by atoms with E-state index in [2.05, 4.69) is 0 Å². The first kappa shape index (κ1) is 13.2. The Hall–Kier alpha value is -0.820. The number of ketones is 1. The minimum Gasteiger partial charge on any atom is -0.297 e. The minimum atomic E-state index is -0.451. The minimum absolute atomic E-state index is 0.227. The molecule has 0 spiro atoms. The van der Waals surface area contributed by atoms with Gasteiger partial charge in [0.25, 0.3) is 0 Å². The fourth-order valence-corrected chi connectivity index (χ4v) is 3.69. The number of halogens is 1. The van der Waals surface area contributed by atoms with Crippen molar-refractivity contribution < 1.29 is 4.79 Å². The Bertz CT molecular complexity index is 420. The summed E-state index contributed by atoms with van der Waals surface area (Å²) in [5.41, 5.74) is 0.956. The number of hydrogen-bond acceptors (Lipinski definition) is 1. The number of carbonyl (C=O) groups is 1. The number of alkyl halides is 1. The van der Waals surface area contributed by atoms with Crippen molar-refractivity contribution in [2.75, 3.05) is 0 Å². The van der Waals surface area contributed by atoms with E-state index < -0.39 is 5.38 Å². The van der Waals surface area contributed by atoms with E-state index in [1.54, 1.807) is 0 Å². The van der Waals surface area contributed by atoms with Gasteiger partial charge in [0.1, 0.15) is 5.38 Å². The Morgan fingerprint density at radius 3 is 1.95 bits per heavy atom. The lowest BCUT2D eigenvalue weighted by Crippen LogP contribution is -2.39. The van der Waals surface area contributed by atoms with Gasteiger partial charge in [-0.15, -0.1) is 11.6 Å².